The van der Waals surface area contributed by atoms with Crippen LogP contribution in [0.4, 0.5) is 5.69 Å². The fourth-order valence-electron chi connectivity index (χ4n) is 3.20. The molecule has 1 aromatic rings. The van der Waals surface area contributed by atoms with Crippen LogP contribution < -0.4 is 5.32 Å². The third-order valence-corrected chi connectivity index (χ3v) is 5.16. The second-order valence-electron chi connectivity index (χ2n) is 7.30. The van der Waals surface area contributed by atoms with Gasteiger partial charge in [0.1, 0.15) is 11.6 Å². The Hall–Kier alpha value is -2.85. The minimum atomic E-state index is -0.428. The first-order valence-electron chi connectivity index (χ1n) is 10.1. The summed E-state index contributed by atoms with van der Waals surface area (Å²) in [6, 6.07) is 8.99. The molecule has 0 aliphatic carbocycles. The van der Waals surface area contributed by atoms with E-state index in [9.17, 15) is 14.9 Å². The molecule has 1 amide bonds. The fraction of sp³-hybridized carbons (Fsp3) is 0.500. The van der Waals surface area contributed by atoms with E-state index in [1.807, 2.05) is 13.0 Å². The lowest BCUT2D eigenvalue weighted by Gasteiger charge is -2.35. The number of nitrogens with one attached hydrogen (secondary N) is 1. The molecule has 1 fully saturated rings. The molecule has 0 atom stereocenters. The second-order valence-corrected chi connectivity index (χ2v) is 7.30. The van der Waals surface area contributed by atoms with E-state index in [1.54, 1.807) is 36.2 Å². The number of nitrogens with zero attached hydrogens (tertiary/aromatic N) is 3. The summed E-state index contributed by atoms with van der Waals surface area (Å²) >= 11 is 0. The summed E-state index contributed by atoms with van der Waals surface area (Å²) in [6.07, 6.45) is 4.88. The standard InChI is InChI=1S/C22H30N4O3/c1-4-5-14-29-22(28)19-8-6-7-9-20(19)24-16-17(15-23)21(27)26(3)18-10-12-25(2)13-11-18/h6-9,16,18,24H,4-5,10-14H2,1-3H3/b17-16-. The number of rotatable bonds is 8. The number of benzene rings is 1. The van der Waals surface area contributed by atoms with Gasteiger partial charge in [-0.15, -0.1) is 0 Å². The molecule has 156 valence electrons. The van der Waals surface area contributed by atoms with Crippen molar-refractivity contribution in [1.82, 2.24) is 9.80 Å². The Morgan fingerprint density at radius 1 is 1.34 bits per heavy atom. The number of para-hydroxylation sites is 1. The van der Waals surface area contributed by atoms with Crippen molar-refractivity contribution in [3.05, 3.63) is 41.6 Å². The molecule has 29 heavy (non-hydrogen) atoms. The van der Waals surface area contributed by atoms with E-state index in [0.717, 1.165) is 38.8 Å². The van der Waals surface area contributed by atoms with Crippen molar-refractivity contribution in [3.8, 4) is 6.07 Å². The number of amides is 1. The molecule has 1 aliphatic heterocycles. The largest absolute Gasteiger partial charge is 0.462 e. The van der Waals surface area contributed by atoms with Crippen molar-refractivity contribution in [2.45, 2.75) is 38.6 Å². The average molecular weight is 399 g/mol. The van der Waals surface area contributed by atoms with Crippen LogP contribution in [0.2, 0.25) is 0 Å². The van der Waals surface area contributed by atoms with E-state index < -0.39 is 5.97 Å². The fourth-order valence-corrected chi connectivity index (χ4v) is 3.20. The maximum absolute atomic E-state index is 12.8. The number of esters is 1. The summed E-state index contributed by atoms with van der Waals surface area (Å²) in [6.45, 7) is 4.25. The monoisotopic (exact) mass is 398 g/mol. The summed E-state index contributed by atoms with van der Waals surface area (Å²) < 4.78 is 5.27. The van der Waals surface area contributed by atoms with E-state index in [2.05, 4.69) is 17.3 Å². The third-order valence-electron chi connectivity index (χ3n) is 5.16. The smallest absolute Gasteiger partial charge is 0.340 e. The van der Waals surface area contributed by atoms with Gasteiger partial charge in [0.25, 0.3) is 5.91 Å². The molecule has 0 bridgehead atoms. The van der Waals surface area contributed by atoms with E-state index in [4.69, 9.17) is 4.74 Å². The van der Waals surface area contributed by atoms with E-state index in [-0.39, 0.29) is 17.5 Å². The molecule has 0 aromatic heterocycles. The van der Waals surface area contributed by atoms with Gasteiger partial charge in [0.05, 0.1) is 17.9 Å². The minimum Gasteiger partial charge on any atom is -0.462 e. The number of piperidine rings is 1. The van der Waals surface area contributed by atoms with Gasteiger partial charge in [-0.25, -0.2) is 4.79 Å². The van der Waals surface area contributed by atoms with Crippen molar-refractivity contribution in [2.24, 2.45) is 0 Å². The molecule has 7 heteroatoms. The first-order valence-corrected chi connectivity index (χ1v) is 10.1. The van der Waals surface area contributed by atoms with E-state index in [1.165, 1.54) is 6.20 Å². The Kier molecular flexibility index (Phi) is 8.68. The van der Waals surface area contributed by atoms with Crippen LogP contribution >= 0.6 is 0 Å². The van der Waals surface area contributed by atoms with Crippen molar-refractivity contribution < 1.29 is 14.3 Å². The number of likely N-dealkylation sites (tertiary alicyclic amines) is 1. The summed E-state index contributed by atoms with van der Waals surface area (Å²) in [5.41, 5.74) is 0.866. The van der Waals surface area contributed by atoms with Gasteiger partial charge in [-0.2, -0.15) is 5.26 Å². The molecule has 1 aromatic carbocycles. The molecular formula is C22H30N4O3. The second kappa shape index (κ2) is 11.2. The van der Waals surface area contributed by atoms with Crippen molar-refractivity contribution >= 4 is 17.6 Å². The number of hydrogen-bond donors (Lipinski definition) is 1. The lowest BCUT2D eigenvalue weighted by Crippen LogP contribution is -2.44. The van der Waals surface area contributed by atoms with Crippen molar-refractivity contribution in [3.63, 3.8) is 0 Å². The van der Waals surface area contributed by atoms with Crippen LogP contribution in [0.1, 0.15) is 43.0 Å². The number of unbranched alkanes of at least 4 members (excludes halogenated alkanes) is 1. The van der Waals surface area contributed by atoms with Crippen LogP contribution in [0.5, 0.6) is 0 Å². The lowest BCUT2D eigenvalue weighted by atomic mass is 10.0. The molecule has 0 unspecified atom stereocenters. The van der Waals surface area contributed by atoms with Gasteiger partial charge in [0.15, 0.2) is 0 Å². The van der Waals surface area contributed by atoms with E-state index >= 15 is 0 Å². The first kappa shape index (κ1) is 22.4. The Balaban J connectivity index is 2.08. The Morgan fingerprint density at radius 3 is 2.69 bits per heavy atom. The number of nitriles is 1. The molecular weight excluding hydrogens is 368 g/mol. The maximum Gasteiger partial charge on any atom is 0.340 e. The van der Waals surface area contributed by atoms with Gasteiger partial charge in [0.2, 0.25) is 0 Å². The van der Waals surface area contributed by atoms with Crippen LogP contribution in [0.15, 0.2) is 36.0 Å². The molecule has 1 N–H and O–H groups in total. The maximum atomic E-state index is 12.8. The molecule has 1 saturated heterocycles. The summed E-state index contributed by atoms with van der Waals surface area (Å²) in [5.74, 6) is -0.749. The molecule has 7 nitrogen and oxygen atoms in total. The molecule has 0 spiro atoms. The Bertz CT molecular complexity index is 777. The molecule has 0 radical (unpaired) electrons. The van der Waals surface area contributed by atoms with Crippen LogP contribution in [-0.4, -0.2) is 61.5 Å². The minimum absolute atomic E-state index is 0.000538. The van der Waals surface area contributed by atoms with Gasteiger partial charge in [-0.1, -0.05) is 25.5 Å². The predicted molar refractivity (Wildman–Crippen MR) is 112 cm³/mol. The summed E-state index contributed by atoms with van der Waals surface area (Å²) in [7, 11) is 3.80. The molecule has 2 rings (SSSR count). The Morgan fingerprint density at radius 2 is 2.03 bits per heavy atom. The molecule has 1 aliphatic rings. The van der Waals surface area contributed by atoms with Gasteiger partial charge in [-0.05, 0) is 51.5 Å². The number of carbonyl (C=O) groups excluding carboxylic acids is 2. The topological polar surface area (TPSA) is 85.7 Å². The van der Waals surface area contributed by atoms with Gasteiger partial charge >= 0.3 is 5.97 Å². The van der Waals surface area contributed by atoms with Gasteiger partial charge < -0.3 is 19.9 Å². The summed E-state index contributed by atoms with van der Waals surface area (Å²) in [5, 5.41) is 12.4. The summed E-state index contributed by atoms with van der Waals surface area (Å²) in [4.78, 5) is 28.9. The van der Waals surface area contributed by atoms with Crippen LogP contribution in [0, 0.1) is 11.3 Å². The number of anilines is 1. The molecule has 0 saturated carbocycles. The number of carbonyl (C=O) groups is 2. The number of hydrogen-bond acceptors (Lipinski definition) is 6. The van der Waals surface area contributed by atoms with Crippen LogP contribution in [-0.2, 0) is 9.53 Å². The number of ether oxygens (including phenoxy) is 1. The highest BCUT2D eigenvalue weighted by molar-refractivity contribution is 5.99. The van der Waals surface area contributed by atoms with E-state index in [0.29, 0.717) is 17.9 Å². The van der Waals surface area contributed by atoms with Crippen molar-refractivity contribution in [2.75, 3.05) is 39.1 Å². The third kappa shape index (κ3) is 6.33. The molecule has 1 heterocycles. The first-order chi connectivity index (χ1) is 14.0. The normalized spacial score (nSPS) is 15.4. The zero-order chi connectivity index (χ0) is 21.2. The quantitative estimate of drug-likeness (QED) is 0.314. The highest BCUT2D eigenvalue weighted by Gasteiger charge is 2.26. The predicted octanol–water partition coefficient (Wildman–Crippen LogP) is 3.02. The highest BCUT2D eigenvalue weighted by Crippen LogP contribution is 2.19. The van der Waals surface area contributed by atoms with Crippen LogP contribution in [0.3, 0.4) is 0 Å². The van der Waals surface area contributed by atoms with Crippen LogP contribution in [0.25, 0.3) is 0 Å². The zero-order valence-electron chi connectivity index (χ0n) is 17.5. The van der Waals surface area contributed by atoms with Gasteiger partial charge in [0, 0.05) is 19.3 Å². The average Bonchev–Trinajstić information content (AvgIpc) is 2.74. The lowest BCUT2D eigenvalue weighted by molar-refractivity contribution is -0.128. The zero-order valence-corrected chi connectivity index (χ0v) is 17.5. The highest BCUT2D eigenvalue weighted by atomic mass is 16.5. The van der Waals surface area contributed by atoms with Crippen molar-refractivity contribution in [1.29, 1.82) is 5.26 Å². The Labute approximate surface area is 172 Å². The number of likely N-dealkylation sites (N-methyl/N-ethyl adjacent to an activating group) is 1. The SMILES string of the molecule is CCCCOC(=O)c1ccccc1N/C=C(/C#N)C(=O)N(C)C1CCN(C)CC1. The van der Waals surface area contributed by atoms with Gasteiger partial charge in [-0.3, -0.25) is 4.79 Å².